The molecule has 1 heterocycles. The van der Waals surface area contributed by atoms with Gasteiger partial charge in [0.05, 0.1) is 22.5 Å². The summed E-state index contributed by atoms with van der Waals surface area (Å²) in [6.07, 6.45) is 0.0285. The molecule has 0 aromatic heterocycles. The molecule has 28 heavy (non-hydrogen) atoms. The summed E-state index contributed by atoms with van der Waals surface area (Å²) in [5.74, 6) is 0. The molecule has 136 valence electrons. The second-order valence-corrected chi connectivity index (χ2v) is 7.06. The van der Waals surface area contributed by atoms with Crippen LogP contribution in [0.1, 0.15) is 23.6 Å². The van der Waals surface area contributed by atoms with Crippen LogP contribution in [-0.2, 0) is 0 Å². The molecule has 0 saturated carbocycles. The minimum Gasteiger partial charge on any atom is -0.351 e. The Hall–Kier alpha value is -3.76. The Balaban J connectivity index is 1.91. The fraction of sp³-hybridized carbons (Fsp3) is 0.167. The van der Waals surface area contributed by atoms with Crippen LogP contribution in [0.15, 0.2) is 60.7 Å². The Morgan fingerprint density at radius 2 is 1.61 bits per heavy atom. The molecule has 0 amide bonds. The topological polar surface area (TPSA) is 54.1 Å². The van der Waals surface area contributed by atoms with E-state index < -0.39 is 0 Å². The number of hydrogen-bond donors (Lipinski definition) is 0. The molecule has 4 heteroatoms. The zero-order valence-electron chi connectivity index (χ0n) is 16.1. The van der Waals surface area contributed by atoms with Gasteiger partial charge in [-0.15, -0.1) is 0 Å². The van der Waals surface area contributed by atoms with Crippen LogP contribution < -0.4 is 9.80 Å². The lowest BCUT2D eigenvalue weighted by molar-refractivity contribution is 0.732. The van der Waals surface area contributed by atoms with Gasteiger partial charge < -0.3 is 9.80 Å². The van der Waals surface area contributed by atoms with Gasteiger partial charge in [-0.05, 0) is 48.7 Å². The van der Waals surface area contributed by atoms with E-state index >= 15 is 0 Å². The zero-order chi connectivity index (χ0) is 19.8. The van der Waals surface area contributed by atoms with Crippen molar-refractivity contribution in [3.63, 3.8) is 0 Å². The van der Waals surface area contributed by atoms with E-state index in [0.29, 0.717) is 11.1 Å². The van der Waals surface area contributed by atoms with E-state index in [4.69, 9.17) is 0 Å². The minimum absolute atomic E-state index is 0.0285. The van der Waals surface area contributed by atoms with E-state index in [1.807, 2.05) is 31.3 Å². The molecule has 0 aliphatic carbocycles. The molecular formula is C24H20N4. The van der Waals surface area contributed by atoms with Gasteiger partial charge in [0.25, 0.3) is 0 Å². The second-order valence-electron chi connectivity index (χ2n) is 7.06. The summed E-state index contributed by atoms with van der Waals surface area (Å²) in [7, 11) is 1.97. The average molecular weight is 364 g/mol. The number of rotatable bonds is 2. The Labute approximate surface area is 165 Å². The summed E-state index contributed by atoms with van der Waals surface area (Å²) in [5.41, 5.74) is 7.21. The van der Waals surface area contributed by atoms with Gasteiger partial charge in [0.15, 0.2) is 0 Å². The molecule has 3 aromatic carbocycles. The maximum atomic E-state index is 9.68. The maximum absolute atomic E-state index is 9.68. The molecule has 0 bridgehead atoms. The van der Waals surface area contributed by atoms with Gasteiger partial charge in [0, 0.05) is 12.7 Å². The molecule has 4 nitrogen and oxygen atoms in total. The van der Waals surface area contributed by atoms with Gasteiger partial charge in [-0.3, -0.25) is 0 Å². The SMILES string of the molecule is Cc1ccc(-c2ccccc2)cc1N1c2ccc(C#N)c(C#N)c2N(C)[C@@H]1C. The fourth-order valence-electron chi connectivity index (χ4n) is 3.91. The van der Waals surface area contributed by atoms with Crippen molar-refractivity contribution < 1.29 is 0 Å². The quantitative estimate of drug-likeness (QED) is 0.616. The van der Waals surface area contributed by atoms with Gasteiger partial charge in [0.2, 0.25) is 0 Å². The average Bonchev–Trinajstić information content (AvgIpc) is 2.99. The Kier molecular flexibility index (Phi) is 4.26. The predicted molar refractivity (Wildman–Crippen MR) is 112 cm³/mol. The molecule has 0 N–H and O–H groups in total. The summed E-state index contributed by atoms with van der Waals surface area (Å²) in [5, 5.41) is 19.1. The summed E-state index contributed by atoms with van der Waals surface area (Å²) in [6, 6.07) is 24.8. The molecule has 0 radical (unpaired) electrons. The van der Waals surface area contributed by atoms with E-state index in [2.05, 4.69) is 66.1 Å². The Morgan fingerprint density at radius 3 is 2.29 bits per heavy atom. The summed E-state index contributed by atoms with van der Waals surface area (Å²) in [4.78, 5) is 4.32. The lowest BCUT2D eigenvalue weighted by atomic mass is 10.0. The minimum atomic E-state index is 0.0285. The number of fused-ring (bicyclic) bond motifs is 1. The van der Waals surface area contributed by atoms with E-state index in [9.17, 15) is 10.5 Å². The van der Waals surface area contributed by atoms with Crippen molar-refractivity contribution in [2.24, 2.45) is 0 Å². The monoisotopic (exact) mass is 364 g/mol. The molecule has 1 aliphatic heterocycles. The lowest BCUT2D eigenvalue weighted by Crippen LogP contribution is -2.36. The first-order chi connectivity index (χ1) is 13.6. The highest BCUT2D eigenvalue weighted by molar-refractivity contribution is 5.90. The molecule has 0 spiro atoms. The zero-order valence-corrected chi connectivity index (χ0v) is 16.1. The highest BCUT2D eigenvalue weighted by atomic mass is 15.4. The van der Waals surface area contributed by atoms with Crippen molar-refractivity contribution in [1.82, 2.24) is 0 Å². The van der Waals surface area contributed by atoms with Crippen molar-refractivity contribution in [3.8, 4) is 23.3 Å². The van der Waals surface area contributed by atoms with Crippen LogP contribution in [-0.4, -0.2) is 13.2 Å². The summed E-state index contributed by atoms with van der Waals surface area (Å²) >= 11 is 0. The van der Waals surface area contributed by atoms with Crippen LogP contribution in [0.2, 0.25) is 0 Å². The molecule has 0 saturated heterocycles. The lowest BCUT2D eigenvalue weighted by Gasteiger charge is -2.29. The van der Waals surface area contributed by atoms with Gasteiger partial charge in [0.1, 0.15) is 18.3 Å². The normalized spacial score (nSPS) is 15.1. The molecule has 1 aliphatic rings. The van der Waals surface area contributed by atoms with Crippen LogP contribution in [0.25, 0.3) is 11.1 Å². The van der Waals surface area contributed by atoms with E-state index in [1.165, 1.54) is 5.56 Å². The second kappa shape index (κ2) is 6.76. The van der Waals surface area contributed by atoms with Gasteiger partial charge >= 0.3 is 0 Å². The molecule has 3 aromatic rings. The molecule has 4 rings (SSSR count). The van der Waals surface area contributed by atoms with Crippen molar-refractivity contribution >= 4 is 17.1 Å². The third kappa shape index (κ3) is 2.59. The third-order valence-electron chi connectivity index (χ3n) is 5.51. The van der Waals surface area contributed by atoms with Gasteiger partial charge in [-0.2, -0.15) is 10.5 Å². The number of nitriles is 2. The van der Waals surface area contributed by atoms with E-state index in [1.54, 1.807) is 6.07 Å². The highest BCUT2D eigenvalue weighted by Gasteiger charge is 2.35. The summed E-state index contributed by atoms with van der Waals surface area (Å²) in [6.45, 7) is 4.21. The van der Waals surface area contributed by atoms with Gasteiger partial charge in [-0.1, -0.05) is 42.5 Å². The Morgan fingerprint density at radius 1 is 0.857 bits per heavy atom. The Bertz CT molecular complexity index is 1140. The molecule has 1 atom stereocenters. The number of nitrogens with zero attached hydrogens (tertiary/aromatic N) is 4. The first-order valence-electron chi connectivity index (χ1n) is 9.22. The van der Waals surface area contributed by atoms with E-state index in [0.717, 1.165) is 28.2 Å². The van der Waals surface area contributed by atoms with Crippen LogP contribution in [0.3, 0.4) is 0 Å². The van der Waals surface area contributed by atoms with Crippen molar-refractivity contribution in [1.29, 1.82) is 10.5 Å². The van der Waals surface area contributed by atoms with E-state index in [-0.39, 0.29) is 6.17 Å². The highest BCUT2D eigenvalue weighted by Crippen LogP contribution is 2.47. The maximum Gasteiger partial charge on any atom is 0.103 e. The molecular weight excluding hydrogens is 344 g/mol. The summed E-state index contributed by atoms with van der Waals surface area (Å²) < 4.78 is 0. The van der Waals surface area contributed by atoms with Crippen molar-refractivity contribution in [2.45, 2.75) is 20.0 Å². The van der Waals surface area contributed by atoms with Crippen LogP contribution in [0.4, 0.5) is 17.1 Å². The predicted octanol–water partition coefficient (Wildman–Crippen LogP) is 5.34. The van der Waals surface area contributed by atoms with Crippen molar-refractivity contribution in [2.75, 3.05) is 16.8 Å². The van der Waals surface area contributed by atoms with Crippen molar-refractivity contribution in [3.05, 3.63) is 77.4 Å². The number of benzene rings is 3. The third-order valence-corrected chi connectivity index (χ3v) is 5.51. The molecule has 0 unspecified atom stereocenters. The van der Waals surface area contributed by atoms with Crippen LogP contribution in [0, 0.1) is 29.6 Å². The smallest absolute Gasteiger partial charge is 0.103 e. The van der Waals surface area contributed by atoms with Gasteiger partial charge in [-0.25, -0.2) is 0 Å². The first kappa shape index (κ1) is 17.6. The standard InChI is InChI=1S/C24H20N4/c1-16-9-10-19(18-7-5-4-6-8-18)13-23(16)28-17(2)27(3)24-21(15-26)20(14-25)11-12-22(24)28/h4-13,17H,1-3H3/t17-/m0/s1. The number of aryl methyl sites for hydroxylation is 1. The van der Waals surface area contributed by atoms with Crippen LogP contribution >= 0.6 is 0 Å². The number of hydrogen-bond acceptors (Lipinski definition) is 4. The molecule has 0 fully saturated rings. The first-order valence-corrected chi connectivity index (χ1v) is 9.22. The number of anilines is 3. The fourth-order valence-corrected chi connectivity index (χ4v) is 3.91. The largest absolute Gasteiger partial charge is 0.351 e. The van der Waals surface area contributed by atoms with Crippen LogP contribution in [0.5, 0.6) is 0 Å².